The molecule has 1 N–H and O–H groups in total. The Morgan fingerprint density at radius 3 is 2.76 bits per heavy atom. The van der Waals surface area contributed by atoms with Crippen molar-refractivity contribution in [1.82, 2.24) is 0 Å². The molecule has 0 aromatic rings. The largest absolute Gasteiger partial charge is 0.393 e. The van der Waals surface area contributed by atoms with E-state index < -0.39 is 0 Å². The zero-order chi connectivity index (χ0) is 12.4. The van der Waals surface area contributed by atoms with Gasteiger partial charge in [-0.2, -0.15) is 0 Å². The van der Waals surface area contributed by atoms with E-state index in [0.717, 1.165) is 25.7 Å². The summed E-state index contributed by atoms with van der Waals surface area (Å²) < 4.78 is 6.19. The Kier molecular flexibility index (Phi) is 2.32. The van der Waals surface area contributed by atoms with Gasteiger partial charge in [0.05, 0.1) is 18.3 Å². The second-order valence-electron chi connectivity index (χ2n) is 7.26. The standard InChI is InChI=1S/C15H24O2/c1-9-7-11-13-14(2,3)8-12(16)15(13,4)6-5-10(9)17-11/h10-13,16H,1,5-8H2,2-4H3/t10-,11-,12-,13-,15+/m1/s1. The van der Waals surface area contributed by atoms with E-state index in [-0.39, 0.29) is 29.1 Å². The molecular weight excluding hydrogens is 212 g/mol. The average Bonchev–Trinajstić information content (AvgIpc) is 2.53. The Bertz CT molecular complexity index is 360. The third-order valence-corrected chi connectivity index (χ3v) is 5.61. The highest BCUT2D eigenvalue weighted by atomic mass is 16.5. The summed E-state index contributed by atoms with van der Waals surface area (Å²) in [7, 11) is 0. The lowest BCUT2D eigenvalue weighted by molar-refractivity contribution is -0.0393. The zero-order valence-electron chi connectivity index (χ0n) is 11.2. The van der Waals surface area contributed by atoms with E-state index in [1.165, 1.54) is 5.57 Å². The first kappa shape index (κ1) is 11.7. The Balaban J connectivity index is 2.02. The summed E-state index contributed by atoms with van der Waals surface area (Å²) in [4.78, 5) is 0. The number of hydrogen-bond acceptors (Lipinski definition) is 2. The molecule has 0 aromatic heterocycles. The number of rotatable bonds is 0. The lowest BCUT2D eigenvalue weighted by Gasteiger charge is -2.40. The fourth-order valence-corrected chi connectivity index (χ4v) is 4.86. The van der Waals surface area contributed by atoms with Crippen LogP contribution in [0.2, 0.25) is 0 Å². The predicted molar refractivity (Wildman–Crippen MR) is 67.7 cm³/mol. The number of ether oxygens (including phenoxy) is 1. The Morgan fingerprint density at radius 1 is 1.35 bits per heavy atom. The molecule has 2 aliphatic heterocycles. The number of hydrogen-bond donors (Lipinski definition) is 1. The van der Waals surface area contributed by atoms with Gasteiger partial charge in [-0.1, -0.05) is 27.4 Å². The van der Waals surface area contributed by atoms with Crippen molar-refractivity contribution in [2.45, 2.75) is 64.8 Å². The molecule has 2 heteroatoms. The minimum Gasteiger partial charge on any atom is -0.393 e. The number of fused-ring (bicyclic) bond motifs is 4. The maximum atomic E-state index is 10.5. The van der Waals surface area contributed by atoms with Gasteiger partial charge in [0, 0.05) is 0 Å². The molecule has 1 saturated carbocycles. The molecule has 0 unspecified atom stereocenters. The van der Waals surface area contributed by atoms with E-state index in [0.29, 0.717) is 5.92 Å². The van der Waals surface area contributed by atoms with Crippen LogP contribution in [0.4, 0.5) is 0 Å². The van der Waals surface area contributed by atoms with Crippen LogP contribution in [0.25, 0.3) is 0 Å². The van der Waals surface area contributed by atoms with E-state index in [4.69, 9.17) is 4.74 Å². The molecule has 2 nitrogen and oxygen atoms in total. The van der Waals surface area contributed by atoms with E-state index >= 15 is 0 Å². The van der Waals surface area contributed by atoms with Gasteiger partial charge < -0.3 is 9.84 Å². The maximum Gasteiger partial charge on any atom is 0.0787 e. The zero-order valence-corrected chi connectivity index (χ0v) is 11.2. The Labute approximate surface area is 104 Å². The van der Waals surface area contributed by atoms with Crippen LogP contribution < -0.4 is 0 Å². The van der Waals surface area contributed by atoms with Gasteiger partial charge in [0.25, 0.3) is 0 Å². The smallest absolute Gasteiger partial charge is 0.0787 e. The molecule has 0 aromatic carbocycles. The minimum absolute atomic E-state index is 0.0453. The lowest BCUT2D eigenvalue weighted by atomic mass is 9.64. The molecule has 0 amide bonds. The first-order valence-corrected chi connectivity index (χ1v) is 6.86. The summed E-state index contributed by atoms with van der Waals surface area (Å²) in [5.74, 6) is 0.467. The minimum atomic E-state index is -0.168. The van der Waals surface area contributed by atoms with Crippen molar-refractivity contribution < 1.29 is 9.84 Å². The summed E-state index contributed by atoms with van der Waals surface area (Å²) in [6.45, 7) is 11.0. The molecule has 0 radical (unpaired) electrons. The van der Waals surface area contributed by atoms with Crippen LogP contribution in [0.3, 0.4) is 0 Å². The topological polar surface area (TPSA) is 29.5 Å². The normalized spacial score (nSPS) is 52.4. The van der Waals surface area contributed by atoms with Crippen molar-refractivity contribution in [2.24, 2.45) is 16.7 Å². The van der Waals surface area contributed by atoms with E-state index in [9.17, 15) is 5.11 Å². The first-order chi connectivity index (χ1) is 7.84. The van der Waals surface area contributed by atoms with Crippen LogP contribution in [-0.4, -0.2) is 23.4 Å². The molecular formula is C15H24O2. The predicted octanol–water partition coefficient (Wildman–Crippen LogP) is 2.91. The second kappa shape index (κ2) is 3.36. The second-order valence-corrected chi connectivity index (χ2v) is 7.26. The van der Waals surface area contributed by atoms with Gasteiger partial charge in [0.1, 0.15) is 0 Å². The molecule has 17 heavy (non-hydrogen) atoms. The third kappa shape index (κ3) is 1.47. The van der Waals surface area contributed by atoms with Gasteiger partial charge in [0.15, 0.2) is 0 Å². The molecule has 0 spiro atoms. The number of aliphatic hydroxyl groups is 1. The van der Waals surface area contributed by atoms with Crippen molar-refractivity contribution >= 4 is 0 Å². The van der Waals surface area contributed by atoms with Crippen LogP contribution in [0.5, 0.6) is 0 Å². The van der Waals surface area contributed by atoms with Gasteiger partial charge in [-0.3, -0.25) is 0 Å². The summed E-state index contributed by atoms with van der Waals surface area (Å²) in [6, 6.07) is 0. The Hall–Kier alpha value is -0.340. The molecule has 2 saturated heterocycles. The summed E-state index contributed by atoms with van der Waals surface area (Å²) in [6.07, 6.45) is 4.39. The monoisotopic (exact) mass is 236 g/mol. The Morgan fingerprint density at radius 2 is 2.06 bits per heavy atom. The van der Waals surface area contributed by atoms with Gasteiger partial charge in [-0.15, -0.1) is 0 Å². The van der Waals surface area contributed by atoms with Gasteiger partial charge in [0.2, 0.25) is 0 Å². The molecule has 3 rings (SSSR count). The fourth-order valence-electron chi connectivity index (χ4n) is 4.86. The van der Waals surface area contributed by atoms with E-state index in [1.54, 1.807) is 0 Å². The number of aliphatic hydroxyl groups excluding tert-OH is 1. The van der Waals surface area contributed by atoms with Crippen LogP contribution in [0, 0.1) is 16.7 Å². The third-order valence-electron chi connectivity index (χ3n) is 5.61. The van der Waals surface area contributed by atoms with Crippen molar-refractivity contribution in [2.75, 3.05) is 0 Å². The van der Waals surface area contributed by atoms with Crippen LogP contribution in [0.1, 0.15) is 46.5 Å². The molecule has 5 atom stereocenters. The van der Waals surface area contributed by atoms with Crippen molar-refractivity contribution in [3.05, 3.63) is 12.2 Å². The van der Waals surface area contributed by atoms with Gasteiger partial charge in [-0.25, -0.2) is 0 Å². The summed E-state index contributed by atoms with van der Waals surface area (Å²) in [5.41, 5.74) is 1.50. The SMILES string of the molecule is C=C1C[C@H]2O[C@@H]1CC[C@@]1(C)[C@H](O)CC(C)(C)[C@@H]21. The first-order valence-electron chi connectivity index (χ1n) is 6.86. The summed E-state index contributed by atoms with van der Waals surface area (Å²) >= 11 is 0. The maximum absolute atomic E-state index is 10.5. The highest BCUT2D eigenvalue weighted by Crippen LogP contribution is 2.61. The molecule has 3 aliphatic rings. The van der Waals surface area contributed by atoms with Crippen LogP contribution in [0.15, 0.2) is 12.2 Å². The average molecular weight is 236 g/mol. The van der Waals surface area contributed by atoms with Gasteiger partial charge in [-0.05, 0) is 48.0 Å². The fraction of sp³-hybridized carbons (Fsp3) is 0.867. The molecule has 1 aliphatic carbocycles. The highest BCUT2D eigenvalue weighted by Gasteiger charge is 2.61. The van der Waals surface area contributed by atoms with Crippen molar-refractivity contribution in [3.63, 3.8) is 0 Å². The van der Waals surface area contributed by atoms with Crippen molar-refractivity contribution in [1.29, 1.82) is 0 Å². The summed E-state index contributed by atoms with van der Waals surface area (Å²) in [5, 5.41) is 10.5. The molecule has 2 heterocycles. The van der Waals surface area contributed by atoms with Crippen LogP contribution >= 0.6 is 0 Å². The molecule has 2 bridgehead atoms. The van der Waals surface area contributed by atoms with Crippen LogP contribution in [-0.2, 0) is 4.74 Å². The molecule has 96 valence electrons. The van der Waals surface area contributed by atoms with E-state index in [1.807, 2.05) is 0 Å². The van der Waals surface area contributed by atoms with Gasteiger partial charge >= 0.3 is 0 Å². The van der Waals surface area contributed by atoms with E-state index in [2.05, 4.69) is 27.4 Å². The molecule has 3 fully saturated rings. The highest BCUT2D eigenvalue weighted by molar-refractivity contribution is 5.18. The lowest BCUT2D eigenvalue weighted by Crippen LogP contribution is -2.41. The van der Waals surface area contributed by atoms with Crippen molar-refractivity contribution in [3.8, 4) is 0 Å². The quantitative estimate of drug-likeness (QED) is 0.655.